The van der Waals surface area contributed by atoms with Crippen molar-refractivity contribution in [2.75, 3.05) is 13.7 Å². The van der Waals surface area contributed by atoms with Gasteiger partial charge in [-0.1, -0.05) is 48.6 Å². The summed E-state index contributed by atoms with van der Waals surface area (Å²) in [6, 6.07) is 13.0. The summed E-state index contributed by atoms with van der Waals surface area (Å²) in [5.41, 5.74) is 2.51. The summed E-state index contributed by atoms with van der Waals surface area (Å²) in [5, 5.41) is 19.2. The highest BCUT2D eigenvalue weighted by atomic mass is 16.7. The second-order valence-electron chi connectivity index (χ2n) is 7.38. The molecule has 160 valence electrons. The van der Waals surface area contributed by atoms with Gasteiger partial charge in [-0.05, 0) is 31.4 Å². The van der Waals surface area contributed by atoms with Crippen molar-refractivity contribution in [2.45, 2.75) is 38.6 Å². The number of aliphatic carboxylic acids is 1. The molecule has 1 aliphatic heterocycles. The van der Waals surface area contributed by atoms with E-state index >= 15 is 0 Å². The van der Waals surface area contributed by atoms with E-state index in [2.05, 4.69) is 0 Å². The number of phenolic OH excluding ortho intramolecular Hbond substituents is 1. The summed E-state index contributed by atoms with van der Waals surface area (Å²) in [6.07, 6.45) is 4.07. The molecule has 0 aliphatic carbocycles. The first-order chi connectivity index (χ1) is 14.5. The monoisotopic (exact) mass is 412 g/mol. The number of ether oxygens (including phenoxy) is 3. The van der Waals surface area contributed by atoms with E-state index in [-0.39, 0.29) is 24.2 Å². The van der Waals surface area contributed by atoms with E-state index in [9.17, 15) is 9.90 Å². The molecule has 0 aromatic heterocycles. The Hall–Kier alpha value is -2.83. The smallest absolute Gasteiger partial charge is 0.303 e. The molecule has 0 unspecified atom stereocenters. The van der Waals surface area contributed by atoms with E-state index in [1.54, 1.807) is 19.2 Å². The topological polar surface area (TPSA) is 85.2 Å². The second kappa shape index (κ2) is 10.3. The van der Waals surface area contributed by atoms with Crippen molar-refractivity contribution in [1.82, 2.24) is 0 Å². The highest BCUT2D eigenvalue weighted by molar-refractivity contribution is 5.66. The molecule has 0 amide bonds. The van der Waals surface area contributed by atoms with Crippen molar-refractivity contribution >= 4 is 5.97 Å². The van der Waals surface area contributed by atoms with Crippen molar-refractivity contribution in [3.8, 4) is 11.5 Å². The van der Waals surface area contributed by atoms with Crippen LogP contribution in [-0.2, 0) is 14.3 Å². The van der Waals surface area contributed by atoms with Gasteiger partial charge >= 0.3 is 5.97 Å². The Kier molecular flexibility index (Phi) is 7.49. The number of para-hydroxylation sites is 2. The number of phenols is 1. The number of hydrogen-bond acceptors (Lipinski definition) is 5. The molecule has 1 aliphatic rings. The molecule has 0 spiro atoms. The molecule has 2 aromatic rings. The van der Waals surface area contributed by atoms with Gasteiger partial charge < -0.3 is 24.4 Å². The lowest BCUT2D eigenvalue weighted by atomic mass is 9.91. The zero-order chi connectivity index (χ0) is 21.5. The molecule has 1 fully saturated rings. The highest BCUT2D eigenvalue weighted by Crippen LogP contribution is 2.44. The second-order valence-corrected chi connectivity index (χ2v) is 7.38. The molecule has 2 N–H and O–H groups in total. The van der Waals surface area contributed by atoms with Crippen LogP contribution in [0.4, 0.5) is 0 Å². The number of aromatic hydroxyl groups is 1. The van der Waals surface area contributed by atoms with Crippen molar-refractivity contribution in [3.05, 3.63) is 71.3 Å². The molecule has 3 atom stereocenters. The molecule has 1 heterocycles. The van der Waals surface area contributed by atoms with Crippen molar-refractivity contribution < 1.29 is 29.2 Å². The number of aryl methyl sites for hydroxylation is 1. The predicted octanol–water partition coefficient (Wildman–Crippen LogP) is 4.92. The van der Waals surface area contributed by atoms with Crippen LogP contribution in [0.1, 0.15) is 48.3 Å². The van der Waals surface area contributed by atoms with Gasteiger partial charge in [0.25, 0.3) is 0 Å². The standard InChI is InChI=1S/C24H28O6/c1-16-9-8-12-19(22(16)28-2)24-29-15-17(10-4-3-5-14-21(26)27)23(30-24)18-11-6-7-13-20(18)25/h3-4,6-9,11-13,17,23-25H,5,10,14-15H2,1-2H3,(H,26,27)/b4-3-/t17-,23+,24+/m1/s1. The molecule has 6 nitrogen and oxygen atoms in total. The molecular formula is C24H28O6. The molecule has 6 heteroatoms. The Labute approximate surface area is 176 Å². The SMILES string of the molecule is COc1c(C)cccc1[C@H]1OC[C@@H](C/C=C\CCC(=O)O)[C@@H](c2ccccc2O)O1. The Balaban J connectivity index is 1.82. The molecule has 0 radical (unpaired) electrons. The predicted molar refractivity (Wildman–Crippen MR) is 112 cm³/mol. The van der Waals surface area contributed by atoms with Gasteiger partial charge in [-0.25, -0.2) is 0 Å². The maximum absolute atomic E-state index is 10.7. The van der Waals surface area contributed by atoms with Gasteiger partial charge in [-0.2, -0.15) is 0 Å². The fraction of sp³-hybridized carbons (Fsp3) is 0.375. The number of carboxylic acid groups (broad SMARTS) is 1. The molecule has 2 aromatic carbocycles. The van der Waals surface area contributed by atoms with Crippen molar-refractivity contribution in [3.63, 3.8) is 0 Å². The Morgan fingerprint density at radius 3 is 2.67 bits per heavy atom. The Morgan fingerprint density at radius 1 is 1.17 bits per heavy atom. The van der Waals surface area contributed by atoms with E-state index < -0.39 is 12.3 Å². The lowest BCUT2D eigenvalue weighted by Gasteiger charge is -2.37. The van der Waals surface area contributed by atoms with Crippen LogP contribution in [0, 0.1) is 12.8 Å². The molecule has 30 heavy (non-hydrogen) atoms. The molecule has 0 saturated carbocycles. The van der Waals surface area contributed by atoms with Crippen LogP contribution in [0.2, 0.25) is 0 Å². The van der Waals surface area contributed by atoms with Crippen LogP contribution in [0.15, 0.2) is 54.6 Å². The first-order valence-electron chi connectivity index (χ1n) is 10.1. The summed E-state index contributed by atoms with van der Waals surface area (Å²) < 4.78 is 18.0. The number of carboxylic acids is 1. The minimum Gasteiger partial charge on any atom is -0.508 e. The third-order valence-electron chi connectivity index (χ3n) is 5.23. The summed E-state index contributed by atoms with van der Waals surface area (Å²) in [5.74, 6) is 0.0715. The van der Waals surface area contributed by atoms with Gasteiger partial charge in [0.15, 0.2) is 6.29 Å². The number of carbonyl (C=O) groups is 1. The fourth-order valence-corrected chi connectivity index (χ4v) is 3.73. The third kappa shape index (κ3) is 5.20. The third-order valence-corrected chi connectivity index (χ3v) is 5.23. The average molecular weight is 412 g/mol. The van der Waals surface area contributed by atoms with E-state index in [4.69, 9.17) is 19.3 Å². The molecule has 3 rings (SSSR count). The zero-order valence-electron chi connectivity index (χ0n) is 17.3. The molecule has 0 bridgehead atoms. The maximum Gasteiger partial charge on any atom is 0.303 e. The van der Waals surface area contributed by atoms with E-state index in [0.29, 0.717) is 25.0 Å². The minimum atomic E-state index is -0.814. The minimum absolute atomic E-state index is 0.0218. The summed E-state index contributed by atoms with van der Waals surface area (Å²) in [7, 11) is 1.62. The summed E-state index contributed by atoms with van der Waals surface area (Å²) >= 11 is 0. The number of hydrogen-bond donors (Lipinski definition) is 2. The van der Waals surface area contributed by atoms with Gasteiger partial charge in [-0.15, -0.1) is 0 Å². The van der Waals surface area contributed by atoms with E-state index in [1.165, 1.54) is 0 Å². The first-order valence-corrected chi connectivity index (χ1v) is 10.1. The number of allylic oxidation sites excluding steroid dienone is 2. The maximum atomic E-state index is 10.7. The number of benzene rings is 2. The lowest BCUT2D eigenvalue weighted by Crippen LogP contribution is -2.30. The zero-order valence-corrected chi connectivity index (χ0v) is 17.3. The summed E-state index contributed by atoms with van der Waals surface area (Å²) in [6.45, 7) is 2.40. The van der Waals surface area contributed by atoms with Crippen LogP contribution >= 0.6 is 0 Å². The van der Waals surface area contributed by atoms with Gasteiger partial charge in [0.2, 0.25) is 0 Å². The number of rotatable bonds is 8. The van der Waals surface area contributed by atoms with Crippen LogP contribution in [0.3, 0.4) is 0 Å². The van der Waals surface area contributed by atoms with Gasteiger partial charge in [0.1, 0.15) is 11.5 Å². The largest absolute Gasteiger partial charge is 0.508 e. The summed E-state index contributed by atoms with van der Waals surface area (Å²) in [4.78, 5) is 10.7. The van der Waals surface area contributed by atoms with Crippen LogP contribution in [0.25, 0.3) is 0 Å². The van der Waals surface area contributed by atoms with E-state index in [1.807, 2.05) is 49.4 Å². The van der Waals surface area contributed by atoms with Gasteiger partial charge in [-0.3, -0.25) is 4.79 Å². The quantitative estimate of drug-likeness (QED) is 0.599. The van der Waals surface area contributed by atoms with Crippen LogP contribution in [0.5, 0.6) is 11.5 Å². The fourth-order valence-electron chi connectivity index (χ4n) is 3.73. The first kappa shape index (κ1) is 21.9. The van der Waals surface area contributed by atoms with Crippen LogP contribution in [-0.4, -0.2) is 29.9 Å². The Morgan fingerprint density at radius 2 is 1.93 bits per heavy atom. The Bertz CT molecular complexity index is 891. The van der Waals surface area contributed by atoms with Crippen molar-refractivity contribution in [1.29, 1.82) is 0 Å². The van der Waals surface area contributed by atoms with E-state index in [0.717, 1.165) is 16.9 Å². The average Bonchev–Trinajstić information content (AvgIpc) is 2.73. The number of methoxy groups -OCH3 is 1. The highest BCUT2D eigenvalue weighted by Gasteiger charge is 2.35. The van der Waals surface area contributed by atoms with Crippen molar-refractivity contribution in [2.24, 2.45) is 5.92 Å². The van der Waals surface area contributed by atoms with Gasteiger partial charge in [0.05, 0.1) is 25.4 Å². The normalized spacial score (nSPS) is 21.6. The molecular weight excluding hydrogens is 384 g/mol. The lowest BCUT2D eigenvalue weighted by molar-refractivity contribution is -0.244. The molecule has 1 saturated heterocycles. The van der Waals surface area contributed by atoms with Crippen LogP contribution < -0.4 is 4.74 Å². The van der Waals surface area contributed by atoms with Gasteiger partial charge in [0, 0.05) is 17.9 Å².